The van der Waals surface area contributed by atoms with Gasteiger partial charge in [0, 0.05) is 19.3 Å². The van der Waals surface area contributed by atoms with Crippen LogP contribution in [0.1, 0.15) is 30.2 Å². The molecule has 0 saturated carbocycles. The predicted molar refractivity (Wildman–Crippen MR) is 82.7 cm³/mol. The summed E-state index contributed by atoms with van der Waals surface area (Å²) >= 11 is 0. The molecule has 0 bridgehead atoms. The van der Waals surface area contributed by atoms with E-state index in [0.29, 0.717) is 6.54 Å². The highest BCUT2D eigenvalue weighted by molar-refractivity contribution is 5.42. The molecule has 1 aromatic heterocycles. The van der Waals surface area contributed by atoms with Crippen LogP contribution >= 0.6 is 0 Å². The maximum absolute atomic E-state index is 12.9. The number of aromatic nitrogens is 1. The molecule has 1 heterocycles. The van der Waals surface area contributed by atoms with Gasteiger partial charge in [0.1, 0.15) is 11.6 Å². The smallest absolute Gasteiger partial charge is 0.129 e. The van der Waals surface area contributed by atoms with Gasteiger partial charge in [0.15, 0.2) is 0 Å². The molecule has 2 rings (SSSR count). The van der Waals surface area contributed by atoms with E-state index in [1.165, 1.54) is 12.1 Å². The van der Waals surface area contributed by atoms with Crippen molar-refractivity contribution in [3.8, 4) is 0 Å². The summed E-state index contributed by atoms with van der Waals surface area (Å²) in [5.74, 6) is 0.598. The molecule has 0 radical (unpaired) electrons. The topological polar surface area (TPSA) is 36.4 Å². The van der Waals surface area contributed by atoms with E-state index in [9.17, 15) is 9.50 Å². The summed E-state index contributed by atoms with van der Waals surface area (Å²) in [4.78, 5) is 6.63. The lowest BCUT2D eigenvalue weighted by Gasteiger charge is -2.20. The van der Waals surface area contributed by atoms with Crippen molar-refractivity contribution in [1.29, 1.82) is 0 Å². The summed E-state index contributed by atoms with van der Waals surface area (Å²) in [5, 5.41) is 9.37. The number of aryl methyl sites for hydroxylation is 1. The lowest BCUT2D eigenvalue weighted by Crippen LogP contribution is -2.18. The fourth-order valence-corrected chi connectivity index (χ4v) is 2.25. The second-order valence-corrected chi connectivity index (χ2v) is 5.22. The van der Waals surface area contributed by atoms with Crippen LogP contribution < -0.4 is 4.90 Å². The molecular weight excluding hydrogens is 267 g/mol. The quantitative estimate of drug-likeness (QED) is 0.886. The van der Waals surface area contributed by atoms with Crippen molar-refractivity contribution >= 4 is 5.82 Å². The molecule has 1 aromatic carbocycles. The molecule has 1 N–H and O–H groups in total. The number of hydrogen-bond donors (Lipinski definition) is 1. The van der Waals surface area contributed by atoms with Crippen molar-refractivity contribution in [1.82, 2.24) is 4.98 Å². The van der Waals surface area contributed by atoms with Gasteiger partial charge < -0.3 is 10.0 Å². The van der Waals surface area contributed by atoms with Crippen molar-refractivity contribution in [2.75, 3.05) is 11.9 Å². The Morgan fingerprint density at radius 3 is 2.48 bits per heavy atom. The van der Waals surface area contributed by atoms with Crippen molar-refractivity contribution in [3.63, 3.8) is 0 Å². The van der Waals surface area contributed by atoms with Crippen LogP contribution in [0.3, 0.4) is 0 Å². The Labute approximate surface area is 125 Å². The number of aliphatic hydroxyl groups excluding tert-OH is 1. The molecule has 112 valence electrons. The fraction of sp³-hybridized carbons (Fsp3) is 0.353. The van der Waals surface area contributed by atoms with Gasteiger partial charge in [-0.1, -0.05) is 25.5 Å². The highest BCUT2D eigenvalue weighted by Gasteiger charge is 2.07. The minimum atomic E-state index is -0.230. The summed E-state index contributed by atoms with van der Waals surface area (Å²) in [6.07, 6.45) is 1.91. The maximum Gasteiger partial charge on any atom is 0.129 e. The van der Waals surface area contributed by atoms with Gasteiger partial charge in [-0.3, -0.25) is 0 Å². The summed E-state index contributed by atoms with van der Waals surface area (Å²) in [6, 6.07) is 10.3. The van der Waals surface area contributed by atoms with Crippen LogP contribution in [0.2, 0.25) is 0 Å². The van der Waals surface area contributed by atoms with Gasteiger partial charge in [-0.2, -0.15) is 0 Å². The molecule has 0 fully saturated rings. The Bertz CT molecular complexity index is 584. The summed E-state index contributed by atoms with van der Waals surface area (Å²) < 4.78 is 12.9. The van der Waals surface area contributed by atoms with Crippen LogP contribution in [0.5, 0.6) is 0 Å². The minimum absolute atomic E-state index is 0.0105. The van der Waals surface area contributed by atoms with Crippen LogP contribution in [0.4, 0.5) is 10.2 Å². The molecule has 0 unspecified atom stereocenters. The zero-order valence-electron chi connectivity index (χ0n) is 12.5. The van der Waals surface area contributed by atoms with Crippen molar-refractivity contribution in [2.45, 2.75) is 32.9 Å². The van der Waals surface area contributed by atoms with E-state index in [1.54, 1.807) is 12.1 Å². The standard InChI is InChI=1S/C17H21FN2O/c1-3-4-16-9-14(12-21)10-17(19-16)20(2)11-13-5-7-15(18)8-6-13/h5-10,21H,3-4,11-12H2,1-2H3. The summed E-state index contributed by atoms with van der Waals surface area (Å²) in [6.45, 7) is 2.76. The summed E-state index contributed by atoms with van der Waals surface area (Å²) in [7, 11) is 1.95. The molecule has 0 amide bonds. The lowest BCUT2D eigenvalue weighted by atomic mass is 10.1. The Kier molecular flexibility index (Phi) is 5.28. The monoisotopic (exact) mass is 288 g/mol. The lowest BCUT2D eigenvalue weighted by molar-refractivity contribution is 0.281. The average molecular weight is 288 g/mol. The molecular formula is C17H21FN2O. The normalized spacial score (nSPS) is 10.7. The molecule has 4 heteroatoms. The van der Waals surface area contributed by atoms with Gasteiger partial charge in [0.2, 0.25) is 0 Å². The predicted octanol–water partition coefficient (Wildman–Crippen LogP) is 3.30. The van der Waals surface area contributed by atoms with Gasteiger partial charge in [0.05, 0.1) is 6.61 Å². The zero-order valence-corrected chi connectivity index (χ0v) is 12.5. The van der Waals surface area contributed by atoms with Crippen molar-refractivity contribution in [2.24, 2.45) is 0 Å². The molecule has 0 aliphatic rings. The van der Waals surface area contributed by atoms with E-state index in [0.717, 1.165) is 35.5 Å². The third-order valence-electron chi connectivity index (χ3n) is 3.34. The highest BCUT2D eigenvalue weighted by atomic mass is 19.1. The molecule has 0 atom stereocenters. The first-order valence-corrected chi connectivity index (χ1v) is 7.18. The maximum atomic E-state index is 12.9. The number of halogens is 1. The van der Waals surface area contributed by atoms with Gasteiger partial charge >= 0.3 is 0 Å². The molecule has 0 saturated heterocycles. The van der Waals surface area contributed by atoms with Crippen LogP contribution in [0, 0.1) is 5.82 Å². The summed E-state index contributed by atoms with van der Waals surface area (Å²) in [5.41, 5.74) is 2.88. The Morgan fingerprint density at radius 1 is 1.14 bits per heavy atom. The first-order chi connectivity index (χ1) is 10.1. The first kappa shape index (κ1) is 15.4. The fourth-order valence-electron chi connectivity index (χ4n) is 2.25. The first-order valence-electron chi connectivity index (χ1n) is 7.18. The third-order valence-corrected chi connectivity index (χ3v) is 3.34. The van der Waals surface area contributed by atoms with Crippen LogP contribution in [-0.4, -0.2) is 17.1 Å². The molecule has 0 aliphatic heterocycles. The molecule has 0 spiro atoms. The van der Waals surface area contributed by atoms with E-state index in [2.05, 4.69) is 11.9 Å². The Morgan fingerprint density at radius 2 is 1.86 bits per heavy atom. The van der Waals surface area contributed by atoms with Crippen LogP contribution in [0.15, 0.2) is 36.4 Å². The van der Waals surface area contributed by atoms with E-state index >= 15 is 0 Å². The number of rotatable bonds is 6. The number of hydrogen-bond acceptors (Lipinski definition) is 3. The largest absolute Gasteiger partial charge is 0.392 e. The molecule has 2 aromatic rings. The number of pyridine rings is 1. The average Bonchev–Trinajstić information content (AvgIpc) is 2.49. The van der Waals surface area contributed by atoms with Crippen LogP contribution in [0.25, 0.3) is 0 Å². The van der Waals surface area contributed by atoms with E-state index in [1.807, 2.05) is 24.1 Å². The van der Waals surface area contributed by atoms with Crippen LogP contribution in [-0.2, 0) is 19.6 Å². The third kappa shape index (κ3) is 4.26. The van der Waals surface area contributed by atoms with Gasteiger partial charge in [-0.15, -0.1) is 0 Å². The van der Waals surface area contributed by atoms with E-state index in [4.69, 9.17) is 0 Å². The Hall–Kier alpha value is -1.94. The number of benzene rings is 1. The second kappa shape index (κ2) is 7.18. The second-order valence-electron chi connectivity index (χ2n) is 5.22. The van der Waals surface area contributed by atoms with Gasteiger partial charge in [-0.25, -0.2) is 9.37 Å². The van der Waals surface area contributed by atoms with Gasteiger partial charge in [0.25, 0.3) is 0 Å². The van der Waals surface area contributed by atoms with E-state index < -0.39 is 0 Å². The SMILES string of the molecule is CCCc1cc(CO)cc(N(C)Cc2ccc(F)cc2)n1. The zero-order chi connectivity index (χ0) is 15.2. The number of anilines is 1. The minimum Gasteiger partial charge on any atom is -0.392 e. The molecule has 21 heavy (non-hydrogen) atoms. The number of nitrogens with zero attached hydrogens (tertiary/aromatic N) is 2. The number of aliphatic hydroxyl groups is 1. The molecule has 3 nitrogen and oxygen atoms in total. The molecule has 0 aliphatic carbocycles. The highest BCUT2D eigenvalue weighted by Crippen LogP contribution is 2.17. The van der Waals surface area contributed by atoms with Gasteiger partial charge in [-0.05, 0) is 41.8 Å². The van der Waals surface area contributed by atoms with Crippen molar-refractivity contribution < 1.29 is 9.50 Å². The Balaban J connectivity index is 2.19. The van der Waals surface area contributed by atoms with E-state index in [-0.39, 0.29) is 12.4 Å². The van der Waals surface area contributed by atoms with Crippen molar-refractivity contribution in [3.05, 3.63) is 59.0 Å².